The first kappa shape index (κ1) is 19.5. The van der Waals surface area contributed by atoms with E-state index < -0.39 is 23.5 Å². The van der Waals surface area contributed by atoms with Gasteiger partial charge in [0.05, 0.1) is 11.1 Å². The van der Waals surface area contributed by atoms with E-state index in [1.807, 2.05) is 0 Å². The van der Waals surface area contributed by atoms with Crippen molar-refractivity contribution >= 4 is 11.9 Å². The minimum absolute atomic E-state index is 0.0137. The molecule has 0 aromatic rings. The van der Waals surface area contributed by atoms with Crippen LogP contribution in [0.25, 0.3) is 0 Å². The summed E-state index contributed by atoms with van der Waals surface area (Å²) < 4.78 is 5.16. The predicted molar refractivity (Wildman–Crippen MR) is 92.0 cm³/mol. The Labute approximate surface area is 152 Å². The Balaban J connectivity index is 2.48. The zero-order valence-corrected chi connectivity index (χ0v) is 15.3. The number of hydrogen-bond acceptors (Lipinski definition) is 6. The van der Waals surface area contributed by atoms with Gasteiger partial charge in [-0.15, -0.1) is 0 Å². The number of nitrogens with zero attached hydrogens (tertiary/aromatic N) is 2. The van der Waals surface area contributed by atoms with Gasteiger partial charge in [0, 0.05) is 24.2 Å². The van der Waals surface area contributed by atoms with E-state index in [1.165, 1.54) is 6.92 Å². The molecule has 1 aliphatic heterocycles. The van der Waals surface area contributed by atoms with Crippen LogP contribution in [0.1, 0.15) is 52.9 Å². The molecule has 0 spiro atoms. The molecule has 1 aliphatic carbocycles. The predicted octanol–water partition coefficient (Wildman–Crippen LogP) is 2.77. The van der Waals surface area contributed by atoms with Gasteiger partial charge in [-0.2, -0.15) is 10.5 Å². The molecule has 1 heterocycles. The maximum Gasteiger partial charge on any atom is 0.338 e. The van der Waals surface area contributed by atoms with Crippen LogP contribution in [0.2, 0.25) is 0 Å². The van der Waals surface area contributed by atoms with Crippen LogP contribution in [0.3, 0.4) is 0 Å². The van der Waals surface area contributed by atoms with Crippen molar-refractivity contribution in [2.24, 2.45) is 11.8 Å². The van der Waals surface area contributed by atoms with E-state index in [0.717, 1.165) is 32.1 Å². The Morgan fingerprint density at radius 1 is 1.12 bits per heavy atom. The number of rotatable bonds is 4. The van der Waals surface area contributed by atoms with Crippen LogP contribution in [0, 0.1) is 34.5 Å². The standard InChI is InChI=1S/C19H23N3O4/c1-11-14(17(23)24)16(13-7-5-4-6-8-13)15(12(2)22-11)18(25)26-19(3,9-20)10-21/h13,16,22H,4-8H2,1-3H3,(H,23,24). The number of aliphatic carboxylic acids is 1. The second kappa shape index (κ2) is 7.61. The fourth-order valence-corrected chi connectivity index (χ4v) is 3.85. The molecule has 0 amide bonds. The molecule has 2 aliphatic rings. The molecule has 0 radical (unpaired) electrons. The summed E-state index contributed by atoms with van der Waals surface area (Å²) in [6.07, 6.45) is 4.71. The second-order valence-electron chi connectivity index (χ2n) is 7.03. The highest BCUT2D eigenvalue weighted by atomic mass is 16.6. The molecule has 2 N–H and O–H groups in total. The van der Waals surface area contributed by atoms with Crippen LogP contribution < -0.4 is 5.32 Å². The van der Waals surface area contributed by atoms with Crippen molar-refractivity contribution in [1.82, 2.24) is 5.32 Å². The number of nitrogens with one attached hydrogen (secondary N) is 1. The molecule has 1 unspecified atom stereocenters. The summed E-state index contributed by atoms with van der Waals surface area (Å²) in [6.45, 7) is 4.58. The molecule has 7 heteroatoms. The molecule has 7 nitrogen and oxygen atoms in total. The Bertz CT molecular complexity index is 747. The van der Waals surface area contributed by atoms with E-state index in [2.05, 4.69) is 5.32 Å². The lowest BCUT2D eigenvalue weighted by molar-refractivity contribution is -0.145. The fourth-order valence-electron chi connectivity index (χ4n) is 3.85. The first-order chi connectivity index (χ1) is 12.2. The first-order valence-corrected chi connectivity index (χ1v) is 8.71. The highest BCUT2D eigenvalue weighted by molar-refractivity contribution is 5.97. The number of nitriles is 2. The van der Waals surface area contributed by atoms with Crippen molar-refractivity contribution in [3.63, 3.8) is 0 Å². The zero-order valence-electron chi connectivity index (χ0n) is 15.3. The minimum atomic E-state index is -1.92. The number of carbonyl (C=O) groups is 2. The van der Waals surface area contributed by atoms with Crippen LogP contribution in [-0.2, 0) is 14.3 Å². The largest absolute Gasteiger partial charge is 0.478 e. The molecule has 2 rings (SSSR count). The van der Waals surface area contributed by atoms with E-state index in [9.17, 15) is 14.7 Å². The molecule has 0 aromatic carbocycles. The monoisotopic (exact) mass is 357 g/mol. The number of carboxylic acids is 1. The number of dihydropyridines is 1. The van der Waals surface area contributed by atoms with Crippen molar-refractivity contribution in [1.29, 1.82) is 10.5 Å². The van der Waals surface area contributed by atoms with Gasteiger partial charge >= 0.3 is 11.9 Å². The maximum absolute atomic E-state index is 12.8. The van der Waals surface area contributed by atoms with Gasteiger partial charge in [-0.1, -0.05) is 19.3 Å². The third-order valence-corrected chi connectivity index (χ3v) is 5.10. The fraction of sp³-hybridized carbons (Fsp3) is 0.579. The quantitative estimate of drug-likeness (QED) is 0.741. The molecular formula is C19H23N3O4. The number of hydrogen-bond donors (Lipinski definition) is 2. The van der Waals surface area contributed by atoms with Crippen molar-refractivity contribution in [2.75, 3.05) is 0 Å². The summed E-state index contributed by atoms with van der Waals surface area (Å²) in [4.78, 5) is 24.7. The summed E-state index contributed by atoms with van der Waals surface area (Å²) in [5.41, 5.74) is -0.542. The Hall–Kier alpha value is -2.80. The van der Waals surface area contributed by atoms with Crippen LogP contribution in [-0.4, -0.2) is 22.6 Å². The molecule has 0 aromatic heterocycles. The third-order valence-electron chi connectivity index (χ3n) is 5.10. The summed E-state index contributed by atoms with van der Waals surface area (Å²) in [5.74, 6) is -2.49. The van der Waals surface area contributed by atoms with E-state index in [0.29, 0.717) is 11.4 Å². The number of carboxylic acid groups (broad SMARTS) is 1. The van der Waals surface area contributed by atoms with Crippen molar-refractivity contribution in [2.45, 2.75) is 58.5 Å². The van der Waals surface area contributed by atoms with Gasteiger partial charge in [0.2, 0.25) is 0 Å². The van der Waals surface area contributed by atoms with Crippen LogP contribution in [0.5, 0.6) is 0 Å². The molecular weight excluding hydrogens is 334 g/mol. The first-order valence-electron chi connectivity index (χ1n) is 8.71. The lowest BCUT2D eigenvalue weighted by Gasteiger charge is -2.36. The highest BCUT2D eigenvalue weighted by Gasteiger charge is 2.42. The Kier molecular flexibility index (Phi) is 5.72. The summed E-state index contributed by atoms with van der Waals surface area (Å²) in [6, 6.07) is 3.35. The van der Waals surface area contributed by atoms with Crippen molar-refractivity contribution in [3.05, 3.63) is 22.5 Å². The van der Waals surface area contributed by atoms with Gasteiger partial charge in [-0.3, -0.25) is 0 Å². The molecule has 0 bridgehead atoms. The van der Waals surface area contributed by atoms with Crippen LogP contribution >= 0.6 is 0 Å². The number of esters is 1. The average Bonchev–Trinajstić information content (AvgIpc) is 2.61. The molecule has 1 fully saturated rings. The average molecular weight is 357 g/mol. The van der Waals surface area contributed by atoms with E-state index in [1.54, 1.807) is 26.0 Å². The molecule has 0 saturated heterocycles. The van der Waals surface area contributed by atoms with Gasteiger partial charge < -0.3 is 15.2 Å². The molecule has 26 heavy (non-hydrogen) atoms. The summed E-state index contributed by atoms with van der Waals surface area (Å²) in [5, 5.41) is 30.9. The highest BCUT2D eigenvalue weighted by Crippen LogP contribution is 2.42. The maximum atomic E-state index is 12.8. The second-order valence-corrected chi connectivity index (χ2v) is 7.03. The van der Waals surface area contributed by atoms with Crippen molar-refractivity contribution < 1.29 is 19.4 Å². The number of ether oxygens (including phenoxy) is 1. The normalized spacial score (nSPS) is 21.5. The van der Waals surface area contributed by atoms with Crippen molar-refractivity contribution in [3.8, 4) is 12.1 Å². The Morgan fingerprint density at radius 3 is 2.15 bits per heavy atom. The zero-order chi connectivity index (χ0) is 19.5. The topological polar surface area (TPSA) is 123 Å². The van der Waals surface area contributed by atoms with Gasteiger partial charge in [-0.25, -0.2) is 9.59 Å². The summed E-state index contributed by atoms with van der Waals surface area (Å²) >= 11 is 0. The van der Waals surface area contributed by atoms with Crippen LogP contribution in [0.4, 0.5) is 0 Å². The van der Waals surface area contributed by atoms with Gasteiger partial charge in [-0.05, 0) is 32.6 Å². The smallest absolute Gasteiger partial charge is 0.338 e. The van der Waals surface area contributed by atoms with E-state index >= 15 is 0 Å². The lowest BCUT2D eigenvalue weighted by Crippen LogP contribution is -2.39. The number of allylic oxidation sites excluding steroid dienone is 2. The van der Waals surface area contributed by atoms with Gasteiger partial charge in [0.15, 0.2) is 0 Å². The molecule has 138 valence electrons. The SMILES string of the molecule is CC1=C(C(=O)O)C(C2CCCCC2)C(C(=O)OC(C)(C#N)C#N)=C(C)N1. The summed E-state index contributed by atoms with van der Waals surface area (Å²) in [7, 11) is 0. The lowest BCUT2D eigenvalue weighted by atomic mass is 9.71. The Morgan fingerprint density at radius 2 is 1.65 bits per heavy atom. The van der Waals surface area contributed by atoms with E-state index in [-0.39, 0.29) is 17.1 Å². The van der Waals surface area contributed by atoms with Crippen LogP contribution in [0.15, 0.2) is 22.5 Å². The minimum Gasteiger partial charge on any atom is -0.478 e. The van der Waals surface area contributed by atoms with Gasteiger partial charge in [0.25, 0.3) is 5.60 Å². The van der Waals surface area contributed by atoms with E-state index in [4.69, 9.17) is 15.3 Å². The third kappa shape index (κ3) is 3.72. The number of carbonyl (C=O) groups excluding carboxylic acids is 1. The van der Waals surface area contributed by atoms with Gasteiger partial charge in [0.1, 0.15) is 12.1 Å². The molecule has 1 saturated carbocycles. The molecule has 1 atom stereocenters.